The van der Waals surface area contributed by atoms with Gasteiger partial charge in [-0.25, -0.2) is 0 Å². The number of Topliss-reactive ketones (excluding diaryl/α,β-unsaturated/α-hetero) is 1. The minimum atomic E-state index is 0.214. The van der Waals surface area contributed by atoms with Gasteiger partial charge in [0.25, 0.3) is 0 Å². The molecule has 1 aliphatic rings. The van der Waals surface area contributed by atoms with E-state index in [2.05, 4.69) is 32.9 Å². The molecule has 0 saturated heterocycles. The fraction of sp³-hybridized carbons (Fsp3) is 0.611. The molecule has 19 heavy (non-hydrogen) atoms. The zero-order valence-corrected chi connectivity index (χ0v) is 12.8. The van der Waals surface area contributed by atoms with Crippen molar-refractivity contribution in [3.63, 3.8) is 0 Å². The molecule has 0 unspecified atom stereocenters. The molecular weight excluding hydrogens is 232 g/mol. The standard InChI is InChI=1S/C18H26O/c1-12-5-7-16(8-6-12)11-17-14(3)9-13(2)10-18(17)15(4)19/h9-10,12,16H,5-8,11H2,1-4H3. The van der Waals surface area contributed by atoms with E-state index in [1.807, 2.05) is 0 Å². The Labute approximate surface area is 117 Å². The van der Waals surface area contributed by atoms with Crippen molar-refractivity contribution in [2.75, 3.05) is 0 Å². The first-order valence-electron chi connectivity index (χ1n) is 7.58. The fourth-order valence-electron chi connectivity index (χ4n) is 3.40. The number of aryl methyl sites for hydroxylation is 2. The van der Waals surface area contributed by atoms with Crippen molar-refractivity contribution in [1.82, 2.24) is 0 Å². The number of rotatable bonds is 3. The number of hydrogen-bond donors (Lipinski definition) is 0. The van der Waals surface area contributed by atoms with E-state index >= 15 is 0 Å². The van der Waals surface area contributed by atoms with Crippen molar-refractivity contribution in [3.8, 4) is 0 Å². The fourth-order valence-corrected chi connectivity index (χ4v) is 3.40. The van der Waals surface area contributed by atoms with E-state index in [1.165, 1.54) is 42.4 Å². The predicted molar refractivity (Wildman–Crippen MR) is 80.7 cm³/mol. The topological polar surface area (TPSA) is 17.1 Å². The summed E-state index contributed by atoms with van der Waals surface area (Å²) in [5.41, 5.74) is 4.75. The molecule has 1 fully saturated rings. The minimum absolute atomic E-state index is 0.214. The quantitative estimate of drug-likeness (QED) is 0.706. The summed E-state index contributed by atoms with van der Waals surface area (Å²) in [6.07, 6.45) is 6.45. The van der Waals surface area contributed by atoms with E-state index in [9.17, 15) is 4.79 Å². The summed E-state index contributed by atoms with van der Waals surface area (Å²) in [5.74, 6) is 1.88. The van der Waals surface area contributed by atoms with E-state index < -0.39 is 0 Å². The number of carbonyl (C=O) groups excluding carboxylic acids is 1. The van der Waals surface area contributed by atoms with Crippen LogP contribution in [0.15, 0.2) is 12.1 Å². The van der Waals surface area contributed by atoms with Crippen molar-refractivity contribution < 1.29 is 4.79 Å². The van der Waals surface area contributed by atoms with Gasteiger partial charge in [-0.15, -0.1) is 0 Å². The van der Waals surface area contributed by atoms with Gasteiger partial charge in [-0.2, -0.15) is 0 Å². The molecule has 1 aromatic carbocycles. The molecule has 2 rings (SSSR count). The van der Waals surface area contributed by atoms with Crippen LogP contribution in [-0.4, -0.2) is 5.78 Å². The Bertz CT molecular complexity index is 465. The maximum Gasteiger partial charge on any atom is 0.160 e. The van der Waals surface area contributed by atoms with Crippen LogP contribution in [0, 0.1) is 25.7 Å². The molecule has 104 valence electrons. The van der Waals surface area contributed by atoms with Gasteiger partial charge in [-0.1, -0.05) is 31.4 Å². The summed E-state index contributed by atoms with van der Waals surface area (Å²) < 4.78 is 0. The molecule has 0 aliphatic heterocycles. The zero-order valence-electron chi connectivity index (χ0n) is 12.8. The third-order valence-corrected chi connectivity index (χ3v) is 4.62. The van der Waals surface area contributed by atoms with Gasteiger partial charge in [0.05, 0.1) is 0 Å². The molecule has 1 heteroatoms. The average molecular weight is 258 g/mol. The highest BCUT2D eigenvalue weighted by Gasteiger charge is 2.21. The maximum absolute atomic E-state index is 11.9. The van der Waals surface area contributed by atoms with Gasteiger partial charge in [0, 0.05) is 5.56 Å². The highest BCUT2D eigenvalue weighted by Crippen LogP contribution is 2.32. The minimum Gasteiger partial charge on any atom is -0.295 e. The van der Waals surface area contributed by atoms with Gasteiger partial charge in [-0.05, 0) is 69.1 Å². The molecule has 1 saturated carbocycles. The SMILES string of the molecule is CC(=O)c1cc(C)cc(C)c1CC1CCC(C)CC1. The highest BCUT2D eigenvalue weighted by atomic mass is 16.1. The molecule has 0 radical (unpaired) electrons. The molecular formula is C18H26O. The van der Waals surface area contributed by atoms with Gasteiger partial charge in [0.2, 0.25) is 0 Å². The average Bonchev–Trinajstić information content (AvgIpc) is 2.34. The predicted octanol–water partition coefficient (Wildman–Crippen LogP) is 4.87. The first-order chi connectivity index (χ1) is 8.97. The molecule has 0 bridgehead atoms. The van der Waals surface area contributed by atoms with Gasteiger partial charge in [0.1, 0.15) is 0 Å². The molecule has 1 nitrogen and oxygen atoms in total. The zero-order chi connectivity index (χ0) is 14.0. The molecule has 0 spiro atoms. The summed E-state index contributed by atoms with van der Waals surface area (Å²) >= 11 is 0. The van der Waals surface area contributed by atoms with Crippen molar-refractivity contribution in [2.45, 2.75) is 59.8 Å². The second-order valence-electron chi connectivity index (χ2n) is 6.49. The van der Waals surface area contributed by atoms with Crippen molar-refractivity contribution in [3.05, 3.63) is 34.4 Å². The normalized spacial score (nSPS) is 23.4. The monoisotopic (exact) mass is 258 g/mol. The lowest BCUT2D eigenvalue weighted by molar-refractivity contribution is 0.101. The van der Waals surface area contributed by atoms with Gasteiger partial charge >= 0.3 is 0 Å². The summed E-state index contributed by atoms with van der Waals surface area (Å²) in [6, 6.07) is 4.28. The number of hydrogen-bond acceptors (Lipinski definition) is 1. The van der Waals surface area contributed by atoms with Gasteiger partial charge in [0.15, 0.2) is 5.78 Å². The summed E-state index contributed by atoms with van der Waals surface area (Å²) in [7, 11) is 0. The molecule has 0 amide bonds. The molecule has 0 heterocycles. The van der Waals surface area contributed by atoms with Crippen LogP contribution in [0.2, 0.25) is 0 Å². The van der Waals surface area contributed by atoms with Gasteiger partial charge in [-0.3, -0.25) is 4.79 Å². The smallest absolute Gasteiger partial charge is 0.160 e. The molecule has 0 aromatic heterocycles. The second kappa shape index (κ2) is 5.90. The van der Waals surface area contributed by atoms with Crippen LogP contribution >= 0.6 is 0 Å². The lowest BCUT2D eigenvalue weighted by Gasteiger charge is -2.27. The van der Waals surface area contributed by atoms with Gasteiger partial charge < -0.3 is 0 Å². The number of benzene rings is 1. The number of carbonyl (C=O) groups is 1. The van der Waals surface area contributed by atoms with Crippen molar-refractivity contribution >= 4 is 5.78 Å². The van der Waals surface area contributed by atoms with Crippen LogP contribution in [0.25, 0.3) is 0 Å². The van der Waals surface area contributed by atoms with Crippen LogP contribution < -0.4 is 0 Å². The Balaban J connectivity index is 2.21. The lowest BCUT2D eigenvalue weighted by Crippen LogP contribution is -2.16. The first-order valence-corrected chi connectivity index (χ1v) is 7.58. The largest absolute Gasteiger partial charge is 0.295 e. The Kier molecular flexibility index (Phi) is 4.44. The van der Waals surface area contributed by atoms with E-state index in [0.717, 1.165) is 23.8 Å². The van der Waals surface area contributed by atoms with Crippen LogP contribution in [0.5, 0.6) is 0 Å². The third kappa shape index (κ3) is 3.46. The molecule has 0 atom stereocenters. The van der Waals surface area contributed by atoms with E-state index in [0.29, 0.717) is 0 Å². The lowest BCUT2D eigenvalue weighted by atomic mass is 9.78. The van der Waals surface area contributed by atoms with Crippen LogP contribution in [-0.2, 0) is 6.42 Å². The molecule has 1 aliphatic carbocycles. The summed E-state index contributed by atoms with van der Waals surface area (Å²) in [6.45, 7) is 8.28. The Hall–Kier alpha value is -1.11. The van der Waals surface area contributed by atoms with Crippen LogP contribution in [0.4, 0.5) is 0 Å². The Morgan fingerprint density at radius 1 is 1.16 bits per heavy atom. The highest BCUT2D eigenvalue weighted by molar-refractivity contribution is 5.96. The Morgan fingerprint density at radius 3 is 2.37 bits per heavy atom. The molecule has 0 N–H and O–H groups in total. The maximum atomic E-state index is 11.9. The molecule has 1 aromatic rings. The van der Waals surface area contributed by atoms with E-state index in [1.54, 1.807) is 6.92 Å². The first kappa shape index (κ1) is 14.3. The van der Waals surface area contributed by atoms with E-state index in [-0.39, 0.29) is 5.78 Å². The van der Waals surface area contributed by atoms with E-state index in [4.69, 9.17) is 0 Å². The van der Waals surface area contributed by atoms with Crippen LogP contribution in [0.3, 0.4) is 0 Å². The number of ketones is 1. The van der Waals surface area contributed by atoms with Crippen molar-refractivity contribution in [2.24, 2.45) is 11.8 Å². The van der Waals surface area contributed by atoms with Crippen LogP contribution in [0.1, 0.15) is 66.6 Å². The third-order valence-electron chi connectivity index (χ3n) is 4.62. The van der Waals surface area contributed by atoms with Crippen molar-refractivity contribution in [1.29, 1.82) is 0 Å². The second-order valence-corrected chi connectivity index (χ2v) is 6.49. The summed E-state index contributed by atoms with van der Waals surface area (Å²) in [4.78, 5) is 11.9. The summed E-state index contributed by atoms with van der Waals surface area (Å²) in [5, 5.41) is 0. The Morgan fingerprint density at radius 2 is 1.79 bits per heavy atom.